The Labute approximate surface area is 174 Å². The third kappa shape index (κ3) is 3.95. The van der Waals surface area contributed by atoms with Crippen LogP contribution in [0.25, 0.3) is 11.1 Å². The average molecular weight is 384 g/mol. The fraction of sp³-hybridized carbons (Fsp3) is 0.333. The summed E-state index contributed by atoms with van der Waals surface area (Å²) in [5.41, 5.74) is 5.65. The SMILES string of the molecule is CC1CCCN1C1CCc2cc(-c3ccc(Oc4ccccc4)cc3)ccc2C1. The van der Waals surface area contributed by atoms with Crippen LogP contribution < -0.4 is 4.74 Å². The molecular formula is C27H29NO. The van der Waals surface area contributed by atoms with Crippen LogP contribution in [0.3, 0.4) is 0 Å². The Morgan fingerprint density at radius 2 is 1.55 bits per heavy atom. The van der Waals surface area contributed by atoms with E-state index in [1.165, 1.54) is 55.3 Å². The van der Waals surface area contributed by atoms with Crippen molar-refractivity contribution in [3.63, 3.8) is 0 Å². The fourth-order valence-corrected chi connectivity index (χ4v) is 5.04. The second-order valence-corrected chi connectivity index (χ2v) is 8.55. The molecule has 1 saturated heterocycles. The van der Waals surface area contributed by atoms with Crippen LogP contribution >= 0.6 is 0 Å². The van der Waals surface area contributed by atoms with Gasteiger partial charge in [-0.1, -0.05) is 48.5 Å². The number of para-hydroxylation sites is 1. The maximum absolute atomic E-state index is 5.92. The Morgan fingerprint density at radius 3 is 2.31 bits per heavy atom. The van der Waals surface area contributed by atoms with Crippen molar-refractivity contribution in [2.45, 2.75) is 51.1 Å². The van der Waals surface area contributed by atoms with Crippen LogP contribution in [-0.2, 0) is 12.8 Å². The molecule has 0 N–H and O–H groups in total. The third-order valence-corrected chi connectivity index (χ3v) is 6.65. The molecule has 2 heteroatoms. The molecule has 0 bridgehead atoms. The molecule has 148 valence electrons. The number of benzene rings is 3. The molecule has 0 radical (unpaired) electrons. The highest BCUT2D eigenvalue weighted by atomic mass is 16.5. The van der Waals surface area contributed by atoms with Crippen LogP contribution in [0, 0.1) is 0 Å². The highest BCUT2D eigenvalue weighted by Crippen LogP contribution is 2.33. The first-order chi connectivity index (χ1) is 14.3. The summed E-state index contributed by atoms with van der Waals surface area (Å²) in [6.45, 7) is 3.69. The van der Waals surface area contributed by atoms with Crippen LogP contribution in [0.2, 0.25) is 0 Å². The molecule has 1 aliphatic carbocycles. The minimum absolute atomic E-state index is 0.736. The number of fused-ring (bicyclic) bond motifs is 1. The second kappa shape index (κ2) is 8.04. The average Bonchev–Trinajstić information content (AvgIpc) is 3.20. The first-order valence-corrected chi connectivity index (χ1v) is 11.0. The minimum atomic E-state index is 0.736. The summed E-state index contributed by atoms with van der Waals surface area (Å²) < 4.78 is 5.92. The van der Waals surface area contributed by atoms with Crippen LogP contribution in [0.15, 0.2) is 72.8 Å². The van der Waals surface area contributed by atoms with Gasteiger partial charge in [0.2, 0.25) is 0 Å². The Hall–Kier alpha value is -2.58. The summed E-state index contributed by atoms with van der Waals surface area (Å²) in [4.78, 5) is 2.75. The molecule has 2 atom stereocenters. The highest BCUT2D eigenvalue weighted by molar-refractivity contribution is 5.66. The Bertz CT molecular complexity index is 964. The van der Waals surface area contributed by atoms with E-state index in [4.69, 9.17) is 4.74 Å². The first-order valence-electron chi connectivity index (χ1n) is 11.0. The van der Waals surface area contributed by atoms with Crippen LogP contribution in [-0.4, -0.2) is 23.5 Å². The molecule has 2 unspecified atom stereocenters. The normalized spacial score (nSPS) is 21.7. The van der Waals surface area contributed by atoms with Gasteiger partial charge in [-0.25, -0.2) is 0 Å². The van der Waals surface area contributed by atoms with Gasteiger partial charge in [-0.15, -0.1) is 0 Å². The van der Waals surface area contributed by atoms with Crippen molar-refractivity contribution in [1.82, 2.24) is 4.90 Å². The van der Waals surface area contributed by atoms with Gasteiger partial charge in [-0.3, -0.25) is 4.90 Å². The minimum Gasteiger partial charge on any atom is -0.457 e. The molecule has 2 nitrogen and oxygen atoms in total. The summed E-state index contributed by atoms with van der Waals surface area (Å²) >= 11 is 0. The zero-order chi connectivity index (χ0) is 19.6. The van der Waals surface area contributed by atoms with Crippen molar-refractivity contribution in [2.24, 2.45) is 0 Å². The van der Waals surface area contributed by atoms with E-state index >= 15 is 0 Å². The van der Waals surface area contributed by atoms with Crippen LogP contribution in [0.4, 0.5) is 0 Å². The monoisotopic (exact) mass is 383 g/mol. The molecule has 29 heavy (non-hydrogen) atoms. The van der Waals surface area contributed by atoms with E-state index in [1.807, 2.05) is 30.3 Å². The topological polar surface area (TPSA) is 12.5 Å². The third-order valence-electron chi connectivity index (χ3n) is 6.65. The predicted octanol–water partition coefficient (Wildman–Crippen LogP) is 6.49. The van der Waals surface area contributed by atoms with E-state index in [0.717, 1.165) is 23.6 Å². The molecule has 0 spiro atoms. The number of rotatable bonds is 4. The molecule has 3 aromatic rings. The van der Waals surface area contributed by atoms with Gasteiger partial charge in [-0.2, -0.15) is 0 Å². The van der Waals surface area contributed by atoms with E-state index in [1.54, 1.807) is 5.56 Å². The van der Waals surface area contributed by atoms with Crippen molar-refractivity contribution in [1.29, 1.82) is 0 Å². The summed E-state index contributed by atoms with van der Waals surface area (Å²) in [5.74, 6) is 1.75. The number of nitrogens with zero attached hydrogens (tertiary/aromatic N) is 1. The lowest BCUT2D eigenvalue weighted by Crippen LogP contribution is -2.41. The maximum Gasteiger partial charge on any atom is 0.127 e. The Kier molecular flexibility index (Phi) is 5.12. The van der Waals surface area contributed by atoms with E-state index in [9.17, 15) is 0 Å². The van der Waals surface area contributed by atoms with Crippen molar-refractivity contribution >= 4 is 0 Å². The van der Waals surface area contributed by atoms with Gasteiger partial charge in [0.1, 0.15) is 11.5 Å². The molecule has 1 aliphatic heterocycles. The van der Waals surface area contributed by atoms with E-state index in [0.29, 0.717) is 0 Å². The summed E-state index contributed by atoms with van der Waals surface area (Å²) in [7, 11) is 0. The molecule has 0 amide bonds. The summed E-state index contributed by atoms with van der Waals surface area (Å²) in [5, 5.41) is 0. The van der Waals surface area contributed by atoms with Gasteiger partial charge in [0, 0.05) is 12.1 Å². The molecule has 3 aromatic carbocycles. The smallest absolute Gasteiger partial charge is 0.127 e. The largest absolute Gasteiger partial charge is 0.457 e. The van der Waals surface area contributed by atoms with Crippen LogP contribution in [0.1, 0.15) is 37.3 Å². The van der Waals surface area contributed by atoms with Gasteiger partial charge in [0.25, 0.3) is 0 Å². The molecule has 1 fully saturated rings. The first kappa shape index (κ1) is 18.4. The number of likely N-dealkylation sites (tertiary alicyclic amines) is 1. The van der Waals surface area contributed by atoms with Crippen molar-refractivity contribution < 1.29 is 4.74 Å². The number of hydrogen-bond donors (Lipinski definition) is 0. The van der Waals surface area contributed by atoms with Gasteiger partial charge >= 0.3 is 0 Å². The molecule has 2 aliphatic rings. The lowest BCUT2D eigenvalue weighted by molar-refractivity contribution is 0.174. The van der Waals surface area contributed by atoms with Gasteiger partial charge in [-0.05, 0) is 92.1 Å². The number of ether oxygens (including phenoxy) is 1. The predicted molar refractivity (Wildman–Crippen MR) is 120 cm³/mol. The maximum atomic E-state index is 5.92. The zero-order valence-electron chi connectivity index (χ0n) is 17.2. The summed E-state index contributed by atoms with van der Waals surface area (Å²) in [6, 6.07) is 27.0. The summed E-state index contributed by atoms with van der Waals surface area (Å²) in [6.07, 6.45) is 6.44. The molecule has 0 aromatic heterocycles. The van der Waals surface area contributed by atoms with Gasteiger partial charge in [0.05, 0.1) is 0 Å². The highest BCUT2D eigenvalue weighted by Gasteiger charge is 2.30. The lowest BCUT2D eigenvalue weighted by Gasteiger charge is -2.35. The van der Waals surface area contributed by atoms with Gasteiger partial charge in [0.15, 0.2) is 0 Å². The molecule has 0 saturated carbocycles. The van der Waals surface area contributed by atoms with Crippen molar-refractivity contribution in [2.75, 3.05) is 6.54 Å². The second-order valence-electron chi connectivity index (χ2n) is 8.55. The Balaban J connectivity index is 1.30. The Morgan fingerprint density at radius 1 is 0.793 bits per heavy atom. The standard InChI is InChI=1S/C27H29NO/c1-20-6-5-17-28(20)25-14-11-23-18-22(9-10-24(23)19-25)21-12-15-27(16-13-21)29-26-7-3-2-4-8-26/h2-4,7-10,12-13,15-16,18,20,25H,5-6,11,14,17,19H2,1H3. The van der Waals surface area contributed by atoms with Crippen molar-refractivity contribution in [3.05, 3.63) is 83.9 Å². The quantitative estimate of drug-likeness (QED) is 0.511. The van der Waals surface area contributed by atoms with Crippen molar-refractivity contribution in [3.8, 4) is 22.6 Å². The zero-order valence-corrected chi connectivity index (χ0v) is 17.2. The van der Waals surface area contributed by atoms with Gasteiger partial charge < -0.3 is 4.74 Å². The fourth-order valence-electron chi connectivity index (χ4n) is 5.04. The number of hydrogen-bond acceptors (Lipinski definition) is 2. The lowest BCUT2D eigenvalue weighted by atomic mass is 9.85. The van der Waals surface area contributed by atoms with E-state index in [2.05, 4.69) is 54.3 Å². The van der Waals surface area contributed by atoms with Crippen LogP contribution in [0.5, 0.6) is 11.5 Å². The van der Waals surface area contributed by atoms with E-state index < -0.39 is 0 Å². The molecular weight excluding hydrogens is 354 g/mol. The number of aryl methyl sites for hydroxylation is 1. The van der Waals surface area contributed by atoms with E-state index in [-0.39, 0.29) is 0 Å². The molecule has 5 rings (SSSR count). The molecule has 1 heterocycles.